The van der Waals surface area contributed by atoms with Crippen LogP contribution in [0.25, 0.3) is 11.1 Å². The Morgan fingerprint density at radius 2 is 1.76 bits per heavy atom. The molecule has 1 aliphatic heterocycles. The Kier molecular flexibility index (Phi) is 11.8. The molecule has 0 saturated heterocycles. The second kappa shape index (κ2) is 15.8. The van der Waals surface area contributed by atoms with Crippen LogP contribution < -0.4 is 20.1 Å². The van der Waals surface area contributed by atoms with Crippen molar-refractivity contribution >= 4 is 23.7 Å². The van der Waals surface area contributed by atoms with Gasteiger partial charge in [0.1, 0.15) is 12.4 Å². The van der Waals surface area contributed by atoms with E-state index < -0.39 is 18.1 Å². The van der Waals surface area contributed by atoms with E-state index in [-0.39, 0.29) is 18.9 Å². The number of aliphatic carboxylic acids is 1. The first kappa shape index (κ1) is 34.5. The van der Waals surface area contributed by atoms with E-state index in [1.165, 1.54) is 5.56 Å². The molecule has 0 bridgehead atoms. The number of alkyl carbamates (subject to hydrolysis) is 1. The molecule has 1 atom stereocenters. The van der Waals surface area contributed by atoms with Gasteiger partial charge in [-0.15, -0.1) is 0 Å². The molecule has 0 aliphatic carbocycles. The van der Waals surface area contributed by atoms with Crippen molar-refractivity contribution in [1.82, 2.24) is 5.32 Å². The van der Waals surface area contributed by atoms with E-state index in [1.807, 2.05) is 81.5 Å². The second-order valence-corrected chi connectivity index (χ2v) is 13.1. The molecule has 246 valence electrons. The number of amides is 2. The number of hydrogen-bond donors (Lipinski definition) is 1. The highest BCUT2D eigenvalue weighted by Gasteiger charge is 2.24. The number of anilines is 1. The Hall–Kier alpha value is -4.37. The number of nitrogens with one attached hydrogen (secondary N) is 1. The first-order chi connectivity index (χ1) is 21.9. The Labute approximate surface area is 272 Å². The maximum Gasteiger partial charge on any atom is 0.407 e. The lowest BCUT2D eigenvalue weighted by molar-refractivity contribution is -0.870. The minimum Gasteiger partial charge on any atom is -0.548 e. The number of nitrogens with zero attached hydrogens (tertiary/aromatic N) is 2. The summed E-state index contributed by atoms with van der Waals surface area (Å²) >= 11 is 0. The van der Waals surface area contributed by atoms with Gasteiger partial charge in [0.25, 0.3) is 0 Å². The number of aryl methyl sites for hydroxylation is 1. The molecule has 3 aromatic rings. The third-order valence-electron chi connectivity index (χ3n) is 8.41. The molecule has 3 aromatic carbocycles. The van der Waals surface area contributed by atoms with Gasteiger partial charge < -0.3 is 34.1 Å². The van der Waals surface area contributed by atoms with Crippen molar-refractivity contribution in [2.75, 3.05) is 45.7 Å². The van der Waals surface area contributed by atoms with Crippen LogP contribution in [0.5, 0.6) is 5.75 Å². The van der Waals surface area contributed by atoms with Gasteiger partial charge in [-0.2, -0.15) is 0 Å². The molecule has 4 rings (SSSR count). The van der Waals surface area contributed by atoms with Crippen molar-refractivity contribution in [3.8, 4) is 16.9 Å². The molecule has 2 amide bonds. The zero-order valence-corrected chi connectivity index (χ0v) is 27.8. The summed E-state index contributed by atoms with van der Waals surface area (Å²) in [5.74, 6) is -0.378. The molecule has 0 radical (unpaired) electrons. The van der Waals surface area contributed by atoms with E-state index in [1.54, 1.807) is 0 Å². The predicted molar refractivity (Wildman–Crippen MR) is 177 cm³/mol. The number of rotatable bonds is 14. The smallest absolute Gasteiger partial charge is 0.407 e. The van der Waals surface area contributed by atoms with Crippen LogP contribution in [0.4, 0.5) is 10.5 Å². The van der Waals surface area contributed by atoms with Crippen LogP contribution in [-0.4, -0.2) is 69.3 Å². The monoisotopic (exact) mass is 629 g/mol. The Morgan fingerprint density at radius 1 is 1.00 bits per heavy atom. The molecule has 0 spiro atoms. The van der Waals surface area contributed by atoms with Crippen LogP contribution in [0.15, 0.2) is 60.7 Å². The number of hydrogen-bond acceptors (Lipinski definition) is 6. The maximum absolute atomic E-state index is 13.3. The second-order valence-electron chi connectivity index (χ2n) is 13.1. The Morgan fingerprint density at radius 3 is 2.52 bits per heavy atom. The highest BCUT2D eigenvalue weighted by molar-refractivity contribution is 5.96. The number of benzene rings is 3. The van der Waals surface area contributed by atoms with Gasteiger partial charge in [-0.25, -0.2) is 4.79 Å². The molecule has 0 unspecified atom stereocenters. The summed E-state index contributed by atoms with van der Waals surface area (Å²) in [4.78, 5) is 39.3. The quantitative estimate of drug-likeness (QED) is 0.200. The summed E-state index contributed by atoms with van der Waals surface area (Å²) in [6.07, 6.45) is 2.85. The minimum absolute atomic E-state index is 0.0118. The van der Waals surface area contributed by atoms with Crippen molar-refractivity contribution in [2.45, 2.75) is 65.0 Å². The standard InChI is InChI=1S/C37H47N3O6/c1-26-12-6-19-34(27(26)2)45-23-11-20-35(41)39-21-9-16-31-30(15-8-18-33(31)39)29-14-7-13-28(24-29)25-46-37(44)38-32(36(42)43)17-10-22-40(3,4)5/h6-8,12-15,18-19,24,32H,9-11,16-17,20-23,25H2,1-5H3,(H-,38,42,43,44)/t32-/m0/s1. The highest BCUT2D eigenvalue weighted by atomic mass is 16.5. The molecular formula is C37H47N3O6. The van der Waals surface area contributed by atoms with E-state index in [0.717, 1.165) is 58.6 Å². The van der Waals surface area contributed by atoms with Crippen molar-refractivity contribution in [3.05, 3.63) is 82.9 Å². The van der Waals surface area contributed by atoms with E-state index in [4.69, 9.17) is 9.47 Å². The number of carbonyl (C=O) groups is 3. The first-order valence-electron chi connectivity index (χ1n) is 16.1. The number of quaternary nitrogens is 1. The summed E-state index contributed by atoms with van der Waals surface area (Å²) in [5.41, 5.74) is 7.13. The summed E-state index contributed by atoms with van der Waals surface area (Å²) in [6.45, 7) is 6.02. The van der Waals surface area contributed by atoms with Gasteiger partial charge in [-0.1, -0.05) is 42.5 Å². The number of carbonyl (C=O) groups excluding carboxylic acids is 3. The van der Waals surface area contributed by atoms with Gasteiger partial charge in [0, 0.05) is 18.7 Å². The van der Waals surface area contributed by atoms with E-state index in [0.29, 0.717) is 36.9 Å². The average molecular weight is 630 g/mol. The topological polar surface area (TPSA) is 108 Å². The molecule has 0 fully saturated rings. The number of ether oxygens (including phenoxy) is 2. The van der Waals surface area contributed by atoms with Crippen LogP contribution >= 0.6 is 0 Å². The lowest BCUT2D eigenvalue weighted by Gasteiger charge is -2.31. The lowest BCUT2D eigenvalue weighted by Crippen LogP contribution is -2.48. The zero-order chi connectivity index (χ0) is 33.3. The fourth-order valence-electron chi connectivity index (χ4n) is 5.76. The maximum atomic E-state index is 13.3. The van der Waals surface area contributed by atoms with Crippen molar-refractivity contribution in [3.63, 3.8) is 0 Å². The minimum atomic E-state index is -1.33. The van der Waals surface area contributed by atoms with Gasteiger partial charge in [0.05, 0.1) is 46.3 Å². The van der Waals surface area contributed by atoms with Gasteiger partial charge >= 0.3 is 6.09 Å². The lowest BCUT2D eigenvalue weighted by atomic mass is 9.91. The molecule has 9 heteroatoms. The van der Waals surface area contributed by atoms with E-state index in [2.05, 4.69) is 24.4 Å². The summed E-state index contributed by atoms with van der Waals surface area (Å²) < 4.78 is 12.1. The SMILES string of the molecule is Cc1cccc(OCCCC(=O)N2CCCc3c(-c4cccc(COC(=O)N[C@@H](CCC[N+](C)(C)C)C(=O)[O-])c4)cccc32)c1C. The normalized spacial score (nSPS) is 13.5. The fraction of sp³-hybridized carbons (Fsp3) is 0.432. The van der Waals surface area contributed by atoms with Crippen molar-refractivity contribution in [2.24, 2.45) is 0 Å². The summed E-state index contributed by atoms with van der Waals surface area (Å²) in [6, 6.07) is 18.7. The van der Waals surface area contributed by atoms with Crippen LogP contribution in [0.1, 0.15) is 54.4 Å². The van der Waals surface area contributed by atoms with Crippen molar-refractivity contribution < 1.29 is 33.4 Å². The predicted octanol–water partition coefficient (Wildman–Crippen LogP) is 4.94. The molecule has 1 aliphatic rings. The summed E-state index contributed by atoms with van der Waals surface area (Å²) in [7, 11) is 6.07. The molecular weight excluding hydrogens is 582 g/mol. The molecule has 46 heavy (non-hydrogen) atoms. The average Bonchev–Trinajstić information content (AvgIpc) is 3.02. The van der Waals surface area contributed by atoms with Gasteiger partial charge in [0.2, 0.25) is 5.91 Å². The Balaban J connectivity index is 1.36. The molecule has 0 aromatic heterocycles. The van der Waals surface area contributed by atoms with Gasteiger partial charge in [-0.05, 0) is 97.5 Å². The third-order valence-corrected chi connectivity index (χ3v) is 8.41. The first-order valence-corrected chi connectivity index (χ1v) is 16.1. The summed E-state index contributed by atoms with van der Waals surface area (Å²) in [5, 5.41) is 14.0. The van der Waals surface area contributed by atoms with E-state index >= 15 is 0 Å². The molecule has 0 saturated carbocycles. The van der Waals surface area contributed by atoms with E-state index in [9.17, 15) is 19.5 Å². The number of carboxylic acid groups (broad SMARTS) is 1. The van der Waals surface area contributed by atoms with Crippen LogP contribution in [-0.2, 0) is 27.4 Å². The van der Waals surface area contributed by atoms with Gasteiger partial charge in [-0.3, -0.25) is 4.79 Å². The number of carboxylic acids is 1. The van der Waals surface area contributed by atoms with Crippen LogP contribution in [0, 0.1) is 13.8 Å². The van der Waals surface area contributed by atoms with Crippen molar-refractivity contribution in [1.29, 1.82) is 0 Å². The fourth-order valence-corrected chi connectivity index (χ4v) is 5.76. The Bertz CT molecular complexity index is 1530. The molecule has 9 nitrogen and oxygen atoms in total. The third kappa shape index (κ3) is 9.57. The highest BCUT2D eigenvalue weighted by Crippen LogP contribution is 2.36. The van der Waals surface area contributed by atoms with Gasteiger partial charge in [0.15, 0.2) is 0 Å². The number of fused-ring (bicyclic) bond motifs is 1. The van der Waals surface area contributed by atoms with Crippen LogP contribution in [0.2, 0.25) is 0 Å². The largest absolute Gasteiger partial charge is 0.548 e. The molecule has 1 N–H and O–H groups in total. The zero-order valence-electron chi connectivity index (χ0n) is 27.8. The van der Waals surface area contributed by atoms with Crippen LogP contribution in [0.3, 0.4) is 0 Å². The molecule has 1 heterocycles.